The van der Waals surface area contributed by atoms with Gasteiger partial charge in [-0.2, -0.15) is 0 Å². The summed E-state index contributed by atoms with van der Waals surface area (Å²) in [5, 5.41) is 18.8. The van der Waals surface area contributed by atoms with Gasteiger partial charge in [0.1, 0.15) is 0 Å². The average Bonchev–Trinajstić information content (AvgIpc) is 3.11. The molecule has 0 amide bonds. The predicted octanol–water partition coefficient (Wildman–Crippen LogP) is 0.893. The first-order valence-corrected chi connectivity index (χ1v) is 7.88. The van der Waals surface area contributed by atoms with E-state index >= 15 is 0 Å². The van der Waals surface area contributed by atoms with Crippen molar-refractivity contribution in [3.8, 4) is 0 Å². The maximum Gasteiger partial charge on any atom is 0.230 e. The first-order valence-electron chi connectivity index (χ1n) is 7.50. The largest absolute Gasteiger partial charge is 0.424 e. The molecule has 8 nitrogen and oxygen atoms in total. The number of nitrogens with zero attached hydrogens (tertiary/aromatic N) is 6. The number of β-amino-alcohol motifs (C(OH)–C–C–N with tert-alkyl or cyclic N) is 1. The number of aromatic nitrogens is 4. The van der Waals surface area contributed by atoms with Gasteiger partial charge in [0.15, 0.2) is 0 Å². The van der Waals surface area contributed by atoms with E-state index in [4.69, 9.17) is 16.0 Å². The third-order valence-electron chi connectivity index (χ3n) is 3.93. The standard InChI is InChI=1S/C14H19ClN6O2/c1-3-20(8-13-19-18-9(2)23-13)11-6-21(7-12(11)22)14-16-4-10(15)5-17-14/h4-5,11-12,22H,3,6-8H2,1-2H3/t11?,12-/m1/s1. The van der Waals surface area contributed by atoms with Gasteiger partial charge in [-0.15, -0.1) is 10.2 Å². The molecule has 0 radical (unpaired) electrons. The monoisotopic (exact) mass is 338 g/mol. The molecule has 124 valence electrons. The van der Waals surface area contributed by atoms with Crippen molar-refractivity contribution < 1.29 is 9.52 Å². The van der Waals surface area contributed by atoms with Crippen LogP contribution in [0.1, 0.15) is 18.7 Å². The first kappa shape index (κ1) is 16.1. The van der Waals surface area contributed by atoms with Gasteiger partial charge < -0.3 is 14.4 Å². The average molecular weight is 339 g/mol. The van der Waals surface area contributed by atoms with E-state index < -0.39 is 6.10 Å². The molecule has 3 heterocycles. The second-order valence-electron chi connectivity index (χ2n) is 5.52. The number of anilines is 1. The summed E-state index contributed by atoms with van der Waals surface area (Å²) < 4.78 is 5.44. The van der Waals surface area contributed by atoms with Crippen molar-refractivity contribution in [3.05, 3.63) is 29.2 Å². The Morgan fingerprint density at radius 2 is 2.09 bits per heavy atom. The van der Waals surface area contributed by atoms with E-state index in [0.29, 0.717) is 42.4 Å². The van der Waals surface area contributed by atoms with Gasteiger partial charge in [0.25, 0.3) is 0 Å². The molecule has 2 atom stereocenters. The summed E-state index contributed by atoms with van der Waals surface area (Å²) in [5.74, 6) is 1.66. The van der Waals surface area contributed by atoms with Crippen LogP contribution in [-0.2, 0) is 6.54 Å². The summed E-state index contributed by atoms with van der Waals surface area (Å²) in [7, 11) is 0. The fraction of sp³-hybridized carbons (Fsp3) is 0.571. The summed E-state index contributed by atoms with van der Waals surface area (Å²) in [6.07, 6.45) is 2.61. The van der Waals surface area contributed by atoms with E-state index in [9.17, 15) is 5.11 Å². The number of rotatable bonds is 5. The molecule has 1 aliphatic rings. The van der Waals surface area contributed by atoms with Crippen LogP contribution in [0.4, 0.5) is 5.95 Å². The Morgan fingerprint density at radius 3 is 2.70 bits per heavy atom. The Morgan fingerprint density at radius 1 is 1.35 bits per heavy atom. The van der Waals surface area contributed by atoms with Crippen molar-refractivity contribution in [3.63, 3.8) is 0 Å². The van der Waals surface area contributed by atoms with Crippen molar-refractivity contribution in [2.24, 2.45) is 0 Å². The van der Waals surface area contributed by atoms with Crippen molar-refractivity contribution in [2.45, 2.75) is 32.5 Å². The zero-order chi connectivity index (χ0) is 16.4. The second kappa shape index (κ2) is 6.77. The molecule has 23 heavy (non-hydrogen) atoms. The topological polar surface area (TPSA) is 91.4 Å². The number of hydrogen-bond acceptors (Lipinski definition) is 8. The molecule has 3 rings (SSSR count). The molecule has 9 heteroatoms. The molecular weight excluding hydrogens is 320 g/mol. The summed E-state index contributed by atoms with van der Waals surface area (Å²) in [4.78, 5) is 12.5. The van der Waals surface area contributed by atoms with Crippen LogP contribution in [0.2, 0.25) is 5.02 Å². The minimum absolute atomic E-state index is 0.0496. The van der Waals surface area contributed by atoms with Gasteiger partial charge in [-0.3, -0.25) is 4.90 Å². The number of aryl methyl sites for hydroxylation is 1. The normalized spacial score (nSPS) is 21.3. The van der Waals surface area contributed by atoms with Crippen LogP contribution < -0.4 is 4.90 Å². The first-order chi connectivity index (χ1) is 11.1. The molecule has 1 unspecified atom stereocenters. The zero-order valence-electron chi connectivity index (χ0n) is 13.1. The fourth-order valence-corrected chi connectivity index (χ4v) is 2.90. The maximum atomic E-state index is 10.4. The lowest BCUT2D eigenvalue weighted by Crippen LogP contribution is -2.42. The number of likely N-dealkylation sites (N-methyl/N-ethyl adjacent to an activating group) is 1. The Balaban J connectivity index is 1.70. The van der Waals surface area contributed by atoms with Crippen LogP contribution in [0.25, 0.3) is 0 Å². The molecule has 2 aromatic heterocycles. The molecule has 1 aliphatic heterocycles. The van der Waals surface area contributed by atoms with Crippen LogP contribution in [0, 0.1) is 6.92 Å². The lowest BCUT2D eigenvalue weighted by atomic mass is 10.2. The molecule has 0 bridgehead atoms. The molecule has 0 spiro atoms. The predicted molar refractivity (Wildman–Crippen MR) is 84.2 cm³/mol. The van der Waals surface area contributed by atoms with Crippen LogP contribution >= 0.6 is 11.6 Å². The summed E-state index contributed by atoms with van der Waals surface area (Å²) in [6.45, 7) is 6.18. The van der Waals surface area contributed by atoms with Crippen molar-refractivity contribution in [2.75, 3.05) is 24.5 Å². The molecular formula is C14H19ClN6O2. The second-order valence-corrected chi connectivity index (χ2v) is 5.96. The SMILES string of the molecule is CCN(Cc1nnc(C)o1)C1CN(c2ncc(Cl)cn2)C[C@H]1O. The number of aliphatic hydroxyl groups is 1. The number of hydrogen-bond donors (Lipinski definition) is 1. The Kier molecular flexibility index (Phi) is 4.74. The van der Waals surface area contributed by atoms with Gasteiger partial charge in [0.05, 0.1) is 36.1 Å². The Labute approximate surface area is 139 Å². The number of halogens is 1. The smallest absolute Gasteiger partial charge is 0.230 e. The van der Waals surface area contributed by atoms with Gasteiger partial charge in [-0.05, 0) is 6.54 Å². The summed E-state index contributed by atoms with van der Waals surface area (Å²) in [5.41, 5.74) is 0. The van der Waals surface area contributed by atoms with E-state index in [1.807, 2.05) is 11.8 Å². The van der Waals surface area contributed by atoms with Crippen LogP contribution in [0.3, 0.4) is 0 Å². The van der Waals surface area contributed by atoms with Gasteiger partial charge >= 0.3 is 0 Å². The van der Waals surface area contributed by atoms with Gasteiger partial charge in [0, 0.05) is 20.0 Å². The van der Waals surface area contributed by atoms with Gasteiger partial charge in [-0.1, -0.05) is 18.5 Å². The lowest BCUT2D eigenvalue weighted by molar-refractivity contribution is 0.0761. The van der Waals surface area contributed by atoms with Crippen LogP contribution in [0.15, 0.2) is 16.8 Å². The van der Waals surface area contributed by atoms with Crippen molar-refractivity contribution >= 4 is 17.5 Å². The lowest BCUT2D eigenvalue weighted by Gasteiger charge is -2.27. The third kappa shape index (κ3) is 3.60. The minimum atomic E-state index is -0.502. The molecule has 0 aromatic carbocycles. The Hall–Kier alpha value is -1.77. The maximum absolute atomic E-state index is 10.4. The van der Waals surface area contributed by atoms with Gasteiger partial charge in [-0.25, -0.2) is 9.97 Å². The Bertz CT molecular complexity index is 649. The highest BCUT2D eigenvalue weighted by Gasteiger charge is 2.36. The molecule has 2 aromatic rings. The highest BCUT2D eigenvalue weighted by molar-refractivity contribution is 6.30. The highest BCUT2D eigenvalue weighted by atomic mass is 35.5. The van der Waals surface area contributed by atoms with E-state index in [1.54, 1.807) is 19.3 Å². The minimum Gasteiger partial charge on any atom is -0.424 e. The molecule has 0 saturated carbocycles. The van der Waals surface area contributed by atoms with E-state index in [0.717, 1.165) is 6.54 Å². The van der Waals surface area contributed by atoms with Gasteiger partial charge in [0.2, 0.25) is 17.7 Å². The zero-order valence-corrected chi connectivity index (χ0v) is 13.8. The van der Waals surface area contributed by atoms with Crippen molar-refractivity contribution in [1.29, 1.82) is 0 Å². The quantitative estimate of drug-likeness (QED) is 0.859. The summed E-state index contributed by atoms with van der Waals surface area (Å²) >= 11 is 5.82. The van der Waals surface area contributed by atoms with E-state index in [-0.39, 0.29) is 6.04 Å². The highest BCUT2D eigenvalue weighted by Crippen LogP contribution is 2.22. The summed E-state index contributed by atoms with van der Waals surface area (Å²) in [6, 6.07) is -0.0496. The van der Waals surface area contributed by atoms with Crippen molar-refractivity contribution in [1.82, 2.24) is 25.1 Å². The van der Waals surface area contributed by atoms with Crippen LogP contribution in [0.5, 0.6) is 0 Å². The fourth-order valence-electron chi connectivity index (χ4n) is 2.80. The number of aliphatic hydroxyl groups excluding tert-OH is 1. The van der Waals surface area contributed by atoms with Crippen LogP contribution in [-0.4, -0.2) is 62.0 Å². The molecule has 0 aliphatic carbocycles. The van der Waals surface area contributed by atoms with E-state index in [1.165, 1.54) is 0 Å². The third-order valence-corrected chi connectivity index (χ3v) is 4.13. The molecule has 1 fully saturated rings. The van der Waals surface area contributed by atoms with E-state index in [2.05, 4.69) is 25.1 Å². The molecule has 1 N–H and O–H groups in total. The molecule has 1 saturated heterocycles.